The molecule has 1 amide bonds. The summed E-state index contributed by atoms with van der Waals surface area (Å²) in [6.45, 7) is 9.90. The van der Waals surface area contributed by atoms with Gasteiger partial charge in [-0.05, 0) is 27.2 Å². The highest BCUT2D eigenvalue weighted by atomic mass is 32.2. The normalized spacial score (nSPS) is 12.5. The van der Waals surface area contributed by atoms with Crippen molar-refractivity contribution in [1.82, 2.24) is 9.62 Å². The van der Waals surface area contributed by atoms with Crippen molar-refractivity contribution < 1.29 is 13.2 Å². The lowest BCUT2D eigenvalue weighted by Gasteiger charge is -2.35. The van der Waals surface area contributed by atoms with E-state index in [1.54, 1.807) is 4.90 Å². The van der Waals surface area contributed by atoms with E-state index in [4.69, 9.17) is 0 Å². The molecule has 1 N–H and O–H groups in total. The van der Waals surface area contributed by atoms with Crippen molar-refractivity contribution >= 4 is 15.9 Å². The van der Waals surface area contributed by atoms with Crippen molar-refractivity contribution in [2.24, 2.45) is 0 Å². The van der Waals surface area contributed by atoms with Crippen LogP contribution < -0.4 is 4.72 Å². The van der Waals surface area contributed by atoms with E-state index in [0.717, 1.165) is 6.42 Å². The van der Waals surface area contributed by atoms with Crippen molar-refractivity contribution in [2.45, 2.75) is 53.0 Å². The molecule has 6 heteroatoms. The predicted molar refractivity (Wildman–Crippen MR) is 73.8 cm³/mol. The summed E-state index contributed by atoms with van der Waals surface area (Å²) in [5.41, 5.74) is -0.291. The lowest BCUT2D eigenvalue weighted by Crippen LogP contribution is -2.48. The van der Waals surface area contributed by atoms with Gasteiger partial charge in [-0.3, -0.25) is 4.79 Å². The zero-order valence-corrected chi connectivity index (χ0v) is 12.9. The van der Waals surface area contributed by atoms with Crippen LogP contribution in [-0.2, 0) is 14.8 Å². The minimum absolute atomic E-state index is 0.0461. The average Bonchev–Trinajstić information content (AvgIpc) is 2.19. The van der Waals surface area contributed by atoms with Gasteiger partial charge in [0.05, 0.1) is 5.75 Å². The van der Waals surface area contributed by atoms with Gasteiger partial charge in [0.1, 0.15) is 0 Å². The van der Waals surface area contributed by atoms with Crippen molar-refractivity contribution in [3.05, 3.63) is 0 Å². The first-order valence-electron chi connectivity index (χ1n) is 6.35. The van der Waals surface area contributed by atoms with Gasteiger partial charge in [0.15, 0.2) is 0 Å². The molecule has 0 rings (SSSR count). The molecule has 0 aliphatic rings. The summed E-state index contributed by atoms with van der Waals surface area (Å²) in [5.74, 6) is 0.106. The Labute approximate surface area is 111 Å². The topological polar surface area (TPSA) is 66.5 Å². The first kappa shape index (κ1) is 17.4. The van der Waals surface area contributed by atoms with E-state index in [-0.39, 0.29) is 23.7 Å². The van der Waals surface area contributed by atoms with Crippen molar-refractivity contribution in [3.63, 3.8) is 0 Å². The number of carbonyl (C=O) groups excluding carboxylic acids is 1. The molecule has 0 aliphatic heterocycles. The number of unbranched alkanes of at least 4 members (excludes halogenated alkanes) is 1. The molecule has 0 bridgehead atoms. The van der Waals surface area contributed by atoms with Crippen LogP contribution in [-0.4, -0.2) is 43.6 Å². The Hall–Kier alpha value is -0.620. The lowest BCUT2D eigenvalue weighted by atomic mass is 10.1. The van der Waals surface area contributed by atoms with E-state index in [1.165, 1.54) is 6.92 Å². The molecule has 5 nitrogen and oxygen atoms in total. The molecular formula is C12H26N2O3S. The Morgan fingerprint density at radius 3 is 2.22 bits per heavy atom. The second-order valence-corrected chi connectivity index (χ2v) is 7.33. The molecule has 0 spiro atoms. The van der Waals surface area contributed by atoms with Gasteiger partial charge in [0, 0.05) is 25.6 Å². The van der Waals surface area contributed by atoms with Gasteiger partial charge < -0.3 is 4.90 Å². The average molecular weight is 278 g/mol. The second-order valence-electron chi connectivity index (χ2n) is 5.41. The van der Waals surface area contributed by atoms with Gasteiger partial charge in [-0.2, -0.15) is 0 Å². The molecule has 0 aliphatic carbocycles. The highest BCUT2D eigenvalue weighted by Crippen LogP contribution is 2.12. The number of amides is 1. The van der Waals surface area contributed by atoms with Gasteiger partial charge in [-0.15, -0.1) is 0 Å². The maximum atomic E-state index is 11.6. The van der Waals surface area contributed by atoms with Crippen molar-refractivity contribution in [3.8, 4) is 0 Å². The fraction of sp³-hybridized carbons (Fsp3) is 0.917. The smallest absolute Gasteiger partial charge is 0.219 e. The van der Waals surface area contributed by atoms with Crippen LogP contribution in [0.5, 0.6) is 0 Å². The van der Waals surface area contributed by atoms with E-state index in [1.807, 2.05) is 27.7 Å². The van der Waals surface area contributed by atoms with Crippen LogP contribution in [0.4, 0.5) is 0 Å². The third kappa shape index (κ3) is 6.96. The molecule has 0 heterocycles. The van der Waals surface area contributed by atoms with Gasteiger partial charge in [-0.1, -0.05) is 13.3 Å². The molecule has 108 valence electrons. The van der Waals surface area contributed by atoms with Crippen LogP contribution in [0.15, 0.2) is 0 Å². The van der Waals surface area contributed by atoms with Crippen molar-refractivity contribution in [1.29, 1.82) is 0 Å². The van der Waals surface area contributed by atoms with E-state index in [9.17, 15) is 13.2 Å². The number of sulfonamides is 1. The largest absolute Gasteiger partial charge is 0.337 e. The fourth-order valence-electron chi connectivity index (χ4n) is 1.68. The number of hydrogen-bond acceptors (Lipinski definition) is 3. The maximum absolute atomic E-state index is 11.6. The van der Waals surface area contributed by atoms with Crippen LogP contribution in [0.2, 0.25) is 0 Å². The number of hydrogen-bond donors (Lipinski definition) is 1. The standard InChI is InChI=1S/C12H26N2O3S/c1-6-7-10-18(16,17)13-8-9-14(11(2)15)12(3,4)5/h13H,6-10H2,1-5H3. The molecular weight excluding hydrogens is 252 g/mol. The number of rotatable bonds is 7. The summed E-state index contributed by atoms with van der Waals surface area (Å²) < 4.78 is 25.7. The Bertz CT molecular complexity index is 358. The highest BCUT2D eigenvalue weighted by Gasteiger charge is 2.23. The summed E-state index contributed by atoms with van der Waals surface area (Å²) >= 11 is 0. The number of carbonyl (C=O) groups is 1. The van der Waals surface area contributed by atoms with Crippen LogP contribution in [0, 0.1) is 0 Å². The summed E-state index contributed by atoms with van der Waals surface area (Å²) in [7, 11) is -3.20. The fourth-order valence-corrected chi connectivity index (χ4v) is 2.90. The molecule has 0 saturated heterocycles. The SMILES string of the molecule is CCCCS(=O)(=O)NCCN(C(C)=O)C(C)(C)C. The number of nitrogens with zero attached hydrogens (tertiary/aromatic N) is 1. The molecule has 18 heavy (non-hydrogen) atoms. The maximum Gasteiger partial charge on any atom is 0.219 e. The molecule has 0 aromatic heterocycles. The molecule has 0 aromatic rings. The molecule has 0 unspecified atom stereocenters. The summed E-state index contributed by atoms with van der Waals surface area (Å²) in [4.78, 5) is 13.1. The zero-order chi connectivity index (χ0) is 14.4. The van der Waals surface area contributed by atoms with Gasteiger partial charge in [0.25, 0.3) is 0 Å². The lowest BCUT2D eigenvalue weighted by molar-refractivity contribution is -0.133. The Balaban J connectivity index is 4.28. The zero-order valence-electron chi connectivity index (χ0n) is 12.1. The third-order valence-corrected chi connectivity index (χ3v) is 4.08. The third-order valence-electron chi connectivity index (χ3n) is 2.61. The van der Waals surface area contributed by atoms with Gasteiger partial charge >= 0.3 is 0 Å². The Morgan fingerprint density at radius 2 is 1.83 bits per heavy atom. The van der Waals surface area contributed by atoms with Crippen LogP contribution >= 0.6 is 0 Å². The molecule has 0 saturated carbocycles. The van der Waals surface area contributed by atoms with E-state index >= 15 is 0 Å². The van der Waals surface area contributed by atoms with Crippen LogP contribution in [0.1, 0.15) is 47.5 Å². The predicted octanol–water partition coefficient (Wildman–Crippen LogP) is 1.35. The molecule has 0 fully saturated rings. The minimum atomic E-state index is -3.20. The summed E-state index contributed by atoms with van der Waals surface area (Å²) in [6, 6.07) is 0. The van der Waals surface area contributed by atoms with Crippen molar-refractivity contribution in [2.75, 3.05) is 18.8 Å². The number of nitrogens with one attached hydrogen (secondary N) is 1. The summed E-state index contributed by atoms with van der Waals surface area (Å²) in [6.07, 6.45) is 1.51. The first-order valence-corrected chi connectivity index (χ1v) is 8.01. The quantitative estimate of drug-likeness (QED) is 0.764. The first-order chi connectivity index (χ1) is 8.10. The highest BCUT2D eigenvalue weighted by molar-refractivity contribution is 7.89. The minimum Gasteiger partial charge on any atom is -0.337 e. The van der Waals surface area contributed by atoms with Crippen LogP contribution in [0.3, 0.4) is 0 Å². The van der Waals surface area contributed by atoms with Gasteiger partial charge in [0.2, 0.25) is 15.9 Å². The van der Waals surface area contributed by atoms with Gasteiger partial charge in [-0.25, -0.2) is 13.1 Å². The van der Waals surface area contributed by atoms with E-state index in [2.05, 4.69) is 4.72 Å². The molecule has 0 radical (unpaired) electrons. The Morgan fingerprint density at radius 1 is 1.28 bits per heavy atom. The molecule has 0 aromatic carbocycles. The van der Waals surface area contributed by atoms with Crippen LogP contribution in [0.25, 0.3) is 0 Å². The summed E-state index contributed by atoms with van der Waals surface area (Å²) in [5, 5.41) is 0. The van der Waals surface area contributed by atoms with E-state index < -0.39 is 10.0 Å². The monoisotopic (exact) mass is 278 g/mol. The van der Waals surface area contributed by atoms with E-state index in [0.29, 0.717) is 13.0 Å². The molecule has 0 atom stereocenters. The Kier molecular flexibility index (Phi) is 6.84. The second kappa shape index (κ2) is 7.09.